The zero-order chi connectivity index (χ0) is 18.6. The summed E-state index contributed by atoms with van der Waals surface area (Å²) in [5.74, 6) is -2.06. The number of nitrogens with one attached hydrogen (secondary N) is 2. The van der Waals surface area contributed by atoms with E-state index in [2.05, 4.69) is 27.3 Å². The number of hydrazine groups is 1. The van der Waals surface area contributed by atoms with Crippen LogP contribution in [0.1, 0.15) is 13.8 Å². The van der Waals surface area contributed by atoms with Crippen LogP contribution in [0.15, 0.2) is 57.5 Å². The predicted molar refractivity (Wildman–Crippen MR) is 91.2 cm³/mol. The maximum Gasteiger partial charge on any atom is 0.354 e. The van der Waals surface area contributed by atoms with Crippen molar-refractivity contribution in [3.63, 3.8) is 0 Å². The van der Waals surface area contributed by atoms with Crippen LogP contribution >= 0.6 is 0 Å². The van der Waals surface area contributed by atoms with Gasteiger partial charge >= 0.3 is 5.97 Å². The number of carbonyl (C=O) groups is 2. The van der Waals surface area contributed by atoms with Gasteiger partial charge in [-0.15, -0.1) is 0 Å². The molecule has 0 aliphatic carbocycles. The Morgan fingerprint density at radius 3 is 2.84 bits per heavy atom. The number of guanidine groups is 1. The number of hydrogen-bond acceptors (Lipinski definition) is 6. The molecule has 9 heteroatoms. The van der Waals surface area contributed by atoms with Gasteiger partial charge in [-0.25, -0.2) is 29.6 Å². The predicted octanol–water partition coefficient (Wildman–Crippen LogP) is 1.04. The zero-order valence-corrected chi connectivity index (χ0v) is 13.8. The highest BCUT2D eigenvalue weighted by atomic mass is 19.1. The number of hydrogen-bond donors (Lipinski definition) is 3. The Kier molecular flexibility index (Phi) is 5.60. The van der Waals surface area contributed by atoms with E-state index < -0.39 is 11.9 Å². The molecule has 132 valence electrons. The summed E-state index contributed by atoms with van der Waals surface area (Å²) in [5.41, 5.74) is 3.49. The monoisotopic (exact) mass is 347 g/mol. The molecule has 1 amide bonds. The van der Waals surface area contributed by atoms with Crippen molar-refractivity contribution in [1.82, 2.24) is 15.8 Å². The van der Waals surface area contributed by atoms with Crippen molar-refractivity contribution in [1.29, 1.82) is 0 Å². The molecule has 0 aromatic heterocycles. The molecule has 0 bridgehead atoms. The fraction of sp³-hybridized carbons (Fsp3) is 0.250. The van der Waals surface area contributed by atoms with Gasteiger partial charge in [0.05, 0.1) is 0 Å². The molecule has 0 spiro atoms. The molecular formula is C16H18FN5O3. The van der Waals surface area contributed by atoms with Crippen molar-refractivity contribution in [2.75, 3.05) is 13.2 Å². The molecule has 2 aliphatic rings. The molecular weight excluding hydrogens is 329 g/mol. The number of aliphatic imine (C=N–C) groups is 2. The Balaban J connectivity index is 2.02. The van der Waals surface area contributed by atoms with Crippen LogP contribution in [-0.2, 0) is 9.59 Å². The van der Waals surface area contributed by atoms with E-state index in [0.29, 0.717) is 11.1 Å². The largest absolute Gasteiger partial charge is 0.477 e. The van der Waals surface area contributed by atoms with Crippen LogP contribution in [0.3, 0.4) is 0 Å². The van der Waals surface area contributed by atoms with Crippen molar-refractivity contribution in [2.45, 2.75) is 13.8 Å². The van der Waals surface area contributed by atoms with Crippen LogP contribution in [0, 0.1) is 0 Å². The van der Waals surface area contributed by atoms with Gasteiger partial charge in [0, 0.05) is 12.6 Å². The first kappa shape index (κ1) is 18.3. The van der Waals surface area contributed by atoms with Gasteiger partial charge in [-0.1, -0.05) is 12.7 Å². The maximum atomic E-state index is 13.4. The van der Waals surface area contributed by atoms with Crippen LogP contribution < -0.4 is 10.7 Å². The van der Waals surface area contributed by atoms with E-state index >= 15 is 0 Å². The third-order valence-corrected chi connectivity index (χ3v) is 3.25. The van der Waals surface area contributed by atoms with E-state index in [-0.39, 0.29) is 36.4 Å². The number of amides is 1. The number of halogens is 1. The molecule has 2 aliphatic heterocycles. The molecule has 0 aromatic carbocycles. The minimum Gasteiger partial charge on any atom is -0.477 e. The molecule has 0 saturated carbocycles. The van der Waals surface area contributed by atoms with Gasteiger partial charge in [-0.05, 0) is 31.1 Å². The maximum absolute atomic E-state index is 13.4. The normalized spacial score (nSPS) is 16.0. The lowest BCUT2D eigenvalue weighted by atomic mass is 10.2. The molecule has 0 radical (unpaired) electrons. The first-order chi connectivity index (χ1) is 11.8. The second kappa shape index (κ2) is 7.67. The summed E-state index contributed by atoms with van der Waals surface area (Å²) in [6, 6.07) is 0. The first-order valence-corrected chi connectivity index (χ1v) is 7.38. The summed E-state index contributed by atoms with van der Waals surface area (Å²) >= 11 is 0. The molecule has 3 N–H and O–H groups in total. The third kappa shape index (κ3) is 4.48. The lowest BCUT2D eigenvalue weighted by Crippen LogP contribution is -2.43. The highest BCUT2D eigenvalue weighted by Crippen LogP contribution is 2.14. The van der Waals surface area contributed by atoms with Gasteiger partial charge < -0.3 is 10.4 Å². The number of rotatable bonds is 6. The fourth-order valence-corrected chi connectivity index (χ4v) is 1.91. The van der Waals surface area contributed by atoms with Crippen molar-refractivity contribution in [2.24, 2.45) is 9.98 Å². The van der Waals surface area contributed by atoms with Gasteiger partial charge in [-0.2, -0.15) is 0 Å². The Labute approximate surface area is 143 Å². The van der Waals surface area contributed by atoms with Crippen LogP contribution in [0.25, 0.3) is 0 Å². The Hall–Kier alpha value is -3.07. The minimum atomic E-state index is -1.22. The summed E-state index contributed by atoms with van der Waals surface area (Å²) in [7, 11) is 0. The van der Waals surface area contributed by atoms with Crippen molar-refractivity contribution < 1.29 is 19.1 Å². The van der Waals surface area contributed by atoms with E-state index in [1.807, 2.05) is 0 Å². The lowest BCUT2D eigenvalue weighted by molar-refractivity contribution is -0.134. The molecule has 0 fully saturated rings. The van der Waals surface area contributed by atoms with Crippen molar-refractivity contribution >= 4 is 23.5 Å². The number of fused-ring (bicyclic) bond motifs is 1. The second-order valence-corrected chi connectivity index (χ2v) is 5.46. The first-order valence-electron chi connectivity index (χ1n) is 7.38. The van der Waals surface area contributed by atoms with Gasteiger partial charge in [0.1, 0.15) is 23.9 Å². The molecule has 25 heavy (non-hydrogen) atoms. The Morgan fingerprint density at radius 1 is 1.48 bits per heavy atom. The van der Waals surface area contributed by atoms with Gasteiger partial charge in [0.15, 0.2) is 0 Å². The average molecular weight is 347 g/mol. The summed E-state index contributed by atoms with van der Waals surface area (Å²) < 4.78 is 13.4. The SMILES string of the molecule is C=C(/C=C\C(F)=C(C)C)CNC(=O)C1=NC2=NCNN2C(C(=O)O)=C1. The molecule has 0 atom stereocenters. The van der Waals surface area contributed by atoms with Gasteiger partial charge in [0.25, 0.3) is 5.91 Å². The van der Waals surface area contributed by atoms with Crippen LogP contribution in [0.2, 0.25) is 0 Å². The van der Waals surface area contributed by atoms with E-state index in [0.717, 1.165) is 6.08 Å². The molecule has 2 rings (SSSR count). The van der Waals surface area contributed by atoms with Crippen molar-refractivity contribution in [3.8, 4) is 0 Å². The van der Waals surface area contributed by atoms with E-state index in [9.17, 15) is 19.1 Å². The number of nitrogens with zero attached hydrogens (tertiary/aromatic N) is 3. The minimum absolute atomic E-state index is 0.0646. The average Bonchev–Trinajstić information content (AvgIpc) is 3.04. The van der Waals surface area contributed by atoms with Crippen LogP contribution in [0.4, 0.5) is 4.39 Å². The molecule has 0 saturated heterocycles. The number of allylic oxidation sites excluding steroid dienone is 3. The quantitative estimate of drug-likeness (QED) is 0.622. The third-order valence-electron chi connectivity index (χ3n) is 3.25. The fourth-order valence-electron chi connectivity index (χ4n) is 1.91. The molecule has 0 unspecified atom stereocenters. The van der Waals surface area contributed by atoms with E-state index in [1.165, 1.54) is 17.2 Å². The van der Waals surface area contributed by atoms with Crippen LogP contribution in [0.5, 0.6) is 0 Å². The van der Waals surface area contributed by atoms with Crippen LogP contribution in [-0.4, -0.2) is 46.9 Å². The van der Waals surface area contributed by atoms with E-state index in [4.69, 9.17) is 0 Å². The topological polar surface area (TPSA) is 106 Å². The Morgan fingerprint density at radius 2 is 2.20 bits per heavy atom. The van der Waals surface area contributed by atoms with Gasteiger partial charge in [-0.3, -0.25) is 4.79 Å². The number of carboxylic acids is 1. The zero-order valence-electron chi connectivity index (χ0n) is 13.8. The number of carbonyl (C=O) groups excluding carboxylic acids is 1. The molecule has 2 heterocycles. The smallest absolute Gasteiger partial charge is 0.354 e. The second-order valence-electron chi connectivity index (χ2n) is 5.46. The molecule has 0 aromatic rings. The summed E-state index contributed by atoms with van der Waals surface area (Å²) in [6.45, 7) is 7.24. The number of aliphatic carboxylic acids is 1. The molecule has 8 nitrogen and oxygen atoms in total. The van der Waals surface area contributed by atoms with E-state index in [1.54, 1.807) is 13.8 Å². The summed E-state index contributed by atoms with van der Waals surface area (Å²) in [4.78, 5) is 31.4. The number of carboxylic acid groups (broad SMARTS) is 1. The summed E-state index contributed by atoms with van der Waals surface area (Å²) in [5, 5.41) is 13.0. The highest BCUT2D eigenvalue weighted by molar-refractivity contribution is 6.46. The highest BCUT2D eigenvalue weighted by Gasteiger charge is 2.31. The van der Waals surface area contributed by atoms with Gasteiger partial charge in [0.2, 0.25) is 5.96 Å². The van der Waals surface area contributed by atoms with Crippen molar-refractivity contribution in [3.05, 3.63) is 47.5 Å². The Bertz CT molecular complexity index is 773. The summed E-state index contributed by atoms with van der Waals surface area (Å²) in [6.07, 6.45) is 3.87. The lowest BCUT2D eigenvalue weighted by Gasteiger charge is -2.21. The standard InChI is InChI=1S/C16H18FN5O3/c1-9(2)11(17)5-4-10(3)7-18-14(23)12-6-13(15(24)25)22-16(21-12)19-8-20-22/h4-6,20H,3,7-8H2,1-2H3,(H,18,23)(H,24,25)/b5-4-.